The Labute approximate surface area is 130 Å². The highest BCUT2D eigenvalue weighted by Gasteiger charge is 2.08. The highest BCUT2D eigenvalue weighted by atomic mass is 79.9. The molecule has 2 aromatic rings. The van der Waals surface area contributed by atoms with Gasteiger partial charge >= 0.3 is 0 Å². The van der Waals surface area contributed by atoms with Gasteiger partial charge in [0, 0.05) is 25.8 Å². The van der Waals surface area contributed by atoms with E-state index in [0.29, 0.717) is 17.6 Å². The first-order chi connectivity index (χ1) is 9.49. The molecular weight excluding hydrogens is 346 g/mol. The van der Waals surface area contributed by atoms with Crippen molar-refractivity contribution in [3.8, 4) is 5.75 Å². The van der Waals surface area contributed by atoms with Gasteiger partial charge in [-0.3, -0.25) is 0 Å². The molecule has 0 radical (unpaired) electrons. The summed E-state index contributed by atoms with van der Waals surface area (Å²) < 4.78 is 6.10. The summed E-state index contributed by atoms with van der Waals surface area (Å²) in [6.07, 6.45) is 0. The Kier molecular flexibility index (Phi) is 4.61. The lowest BCUT2D eigenvalue weighted by atomic mass is 10.3. The largest absolute Gasteiger partial charge is 0.495 e. The Hall–Kier alpha value is -1.60. The maximum absolute atomic E-state index is 5.88. The fraction of sp³-hybridized carbons (Fsp3) is 0.250. The number of aromatic nitrogens is 3. The van der Waals surface area contributed by atoms with E-state index in [0.717, 1.165) is 10.2 Å². The minimum absolute atomic E-state index is 0.135. The molecule has 1 heterocycles. The van der Waals surface area contributed by atoms with Crippen molar-refractivity contribution in [2.75, 3.05) is 31.4 Å². The Bertz CT molecular complexity index is 623. The van der Waals surface area contributed by atoms with E-state index >= 15 is 0 Å². The zero-order valence-corrected chi connectivity index (χ0v) is 13.5. The van der Waals surface area contributed by atoms with Gasteiger partial charge in [0.25, 0.3) is 0 Å². The zero-order chi connectivity index (χ0) is 14.7. The number of hydrogen-bond acceptors (Lipinski definition) is 6. The second kappa shape index (κ2) is 6.23. The van der Waals surface area contributed by atoms with E-state index in [9.17, 15) is 0 Å². The van der Waals surface area contributed by atoms with Crippen LogP contribution in [0.2, 0.25) is 5.28 Å². The lowest BCUT2D eigenvalue weighted by Crippen LogP contribution is -2.14. The van der Waals surface area contributed by atoms with Gasteiger partial charge in [-0.2, -0.15) is 15.0 Å². The van der Waals surface area contributed by atoms with Gasteiger partial charge in [0.2, 0.25) is 17.2 Å². The summed E-state index contributed by atoms with van der Waals surface area (Å²) >= 11 is 9.28. The first-order valence-corrected chi connectivity index (χ1v) is 6.86. The molecule has 0 saturated carbocycles. The predicted octanol–water partition coefficient (Wildman–Crippen LogP) is 3.11. The molecule has 0 aliphatic heterocycles. The van der Waals surface area contributed by atoms with Crippen molar-refractivity contribution in [3.05, 3.63) is 28.0 Å². The van der Waals surface area contributed by atoms with Crippen LogP contribution in [0.25, 0.3) is 0 Å². The number of halogens is 2. The van der Waals surface area contributed by atoms with Gasteiger partial charge in [-0.05, 0) is 39.7 Å². The first-order valence-electron chi connectivity index (χ1n) is 5.69. The summed E-state index contributed by atoms with van der Waals surface area (Å²) in [6.45, 7) is 0. The molecule has 0 saturated heterocycles. The Morgan fingerprint density at radius 1 is 1.25 bits per heavy atom. The minimum Gasteiger partial charge on any atom is -0.495 e. The quantitative estimate of drug-likeness (QED) is 0.906. The van der Waals surface area contributed by atoms with Gasteiger partial charge in [-0.15, -0.1) is 0 Å². The van der Waals surface area contributed by atoms with Crippen LogP contribution in [0, 0.1) is 0 Å². The van der Waals surface area contributed by atoms with E-state index in [-0.39, 0.29) is 5.28 Å². The summed E-state index contributed by atoms with van der Waals surface area (Å²) in [4.78, 5) is 14.1. The Morgan fingerprint density at radius 3 is 2.65 bits per heavy atom. The molecule has 8 heteroatoms. The number of hydrogen-bond donors (Lipinski definition) is 1. The van der Waals surface area contributed by atoms with Crippen molar-refractivity contribution in [3.63, 3.8) is 0 Å². The van der Waals surface area contributed by atoms with Crippen LogP contribution in [0.15, 0.2) is 22.7 Å². The van der Waals surface area contributed by atoms with Crippen molar-refractivity contribution >= 4 is 45.1 Å². The van der Waals surface area contributed by atoms with Crippen molar-refractivity contribution in [2.24, 2.45) is 0 Å². The molecule has 0 bridgehead atoms. The monoisotopic (exact) mass is 357 g/mol. The number of nitrogens with one attached hydrogen (secondary N) is 1. The van der Waals surface area contributed by atoms with Gasteiger partial charge in [0.1, 0.15) is 5.75 Å². The Morgan fingerprint density at radius 2 is 2.00 bits per heavy atom. The number of ether oxygens (including phenoxy) is 1. The van der Waals surface area contributed by atoms with Crippen LogP contribution in [-0.2, 0) is 0 Å². The average molecular weight is 359 g/mol. The first kappa shape index (κ1) is 14.8. The third-order valence-electron chi connectivity index (χ3n) is 2.40. The molecule has 0 amide bonds. The summed E-state index contributed by atoms with van der Waals surface area (Å²) in [5.74, 6) is 1.57. The number of nitrogens with zero attached hydrogens (tertiary/aromatic N) is 4. The van der Waals surface area contributed by atoms with Crippen molar-refractivity contribution in [1.82, 2.24) is 15.0 Å². The third-order valence-corrected chi connectivity index (χ3v) is 3.23. The van der Waals surface area contributed by atoms with Crippen LogP contribution in [0.5, 0.6) is 5.75 Å². The second-order valence-electron chi connectivity index (χ2n) is 4.10. The molecule has 1 N–H and O–H groups in total. The summed E-state index contributed by atoms with van der Waals surface area (Å²) in [5, 5.41) is 3.20. The van der Waals surface area contributed by atoms with E-state index in [2.05, 4.69) is 36.2 Å². The standard InChI is InChI=1S/C12H13BrClN5O/c1-19(2)12-17-10(14)16-11(18-12)15-7-4-5-8(13)9(6-7)20-3/h4-6H,1-3H3,(H,15,16,17,18). The lowest BCUT2D eigenvalue weighted by Gasteiger charge is -2.12. The van der Waals surface area contributed by atoms with E-state index in [1.54, 1.807) is 12.0 Å². The van der Waals surface area contributed by atoms with Gasteiger partial charge < -0.3 is 15.0 Å². The number of rotatable bonds is 4. The molecule has 0 atom stereocenters. The minimum atomic E-state index is 0.135. The van der Waals surface area contributed by atoms with Gasteiger partial charge in [-0.25, -0.2) is 0 Å². The summed E-state index contributed by atoms with van der Waals surface area (Å²) in [6, 6.07) is 5.58. The van der Waals surface area contributed by atoms with E-state index in [1.165, 1.54) is 0 Å². The normalized spacial score (nSPS) is 10.2. The molecule has 0 unspecified atom stereocenters. The van der Waals surface area contributed by atoms with Crippen LogP contribution in [0.1, 0.15) is 0 Å². The Balaban J connectivity index is 2.30. The van der Waals surface area contributed by atoms with Crippen LogP contribution >= 0.6 is 27.5 Å². The molecule has 0 aliphatic rings. The zero-order valence-electron chi connectivity index (χ0n) is 11.2. The van der Waals surface area contributed by atoms with Crippen LogP contribution in [-0.4, -0.2) is 36.2 Å². The molecule has 0 spiro atoms. The molecule has 6 nitrogen and oxygen atoms in total. The van der Waals surface area contributed by atoms with Gasteiger partial charge in [0.05, 0.1) is 11.6 Å². The predicted molar refractivity (Wildman–Crippen MR) is 83.1 cm³/mol. The molecule has 20 heavy (non-hydrogen) atoms. The molecule has 0 aliphatic carbocycles. The third kappa shape index (κ3) is 3.49. The van der Waals surface area contributed by atoms with E-state index in [4.69, 9.17) is 16.3 Å². The number of anilines is 3. The smallest absolute Gasteiger partial charge is 0.233 e. The fourth-order valence-corrected chi connectivity index (χ4v) is 2.03. The maximum atomic E-state index is 5.88. The molecule has 106 valence electrons. The molecular formula is C12H13BrClN5O. The van der Waals surface area contributed by atoms with Crippen LogP contribution < -0.4 is 15.0 Å². The molecule has 1 aromatic heterocycles. The maximum Gasteiger partial charge on any atom is 0.233 e. The van der Waals surface area contributed by atoms with Crippen molar-refractivity contribution in [1.29, 1.82) is 0 Å². The van der Waals surface area contributed by atoms with E-state index in [1.807, 2.05) is 32.3 Å². The van der Waals surface area contributed by atoms with Crippen LogP contribution in [0.3, 0.4) is 0 Å². The lowest BCUT2D eigenvalue weighted by molar-refractivity contribution is 0.412. The number of benzene rings is 1. The van der Waals surface area contributed by atoms with Gasteiger partial charge in [-0.1, -0.05) is 0 Å². The summed E-state index contributed by atoms with van der Waals surface area (Å²) in [5.41, 5.74) is 0.789. The summed E-state index contributed by atoms with van der Waals surface area (Å²) in [7, 11) is 5.27. The topological polar surface area (TPSA) is 63.2 Å². The van der Waals surface area contributed by atoms with Gasteiger partial charge in [0.15, 0.2) is 0 Å². The fourth-order valence-electron chi connectivity index (χ4n) is 1.46. The average Bonchev–Trinajstić information content (AvgIpc) is 2.40. The van der Waals surface area contributed by atoms with Crippen LogP contribution in [0.4, 0.5) is 17.6 Å². The highest BCUT2D eigenvalue weighted by Crippen LogP contribution is 2.29. The molecule has 1 aromatic carbocycles. The van der Waals surface area contributed by atoms with Crippen molar-refractivity contribution in [2.45, 2.75) is 0 Å². The van der Waals surface area contributed by atoms with E-state index < -0.39 is 0 Å². The second-order valence-corrected chi connectivity index (χ2v) is 5.29. The van der Waals surface area contributed by atoms with Crippen molar-refractivity contribution < 1.29 is 4.74 Å². The SMILES string of the molecule is COc1cc(Nc2nc(Cl)nc(N(C)C)n2)ccc1Br. The molecule has 2 rings (SSSR count). The highest BCUT2D eigenvalue weighted by molar-refractivity contribution is 9.10. The molecule has 0 fully saturated rings. The number of methoxy groups -OCH3 is 1.